The highest BCUT2D eigenvalue weighted by Gasteiger charge is 2.55. The summed E-state index contributed by atoms with van der Waals surface area (Å²) in [5.41, 5.74) is 0.606. The lowest BCUT2D eigenvalue weighted by atomic mass is 9.49. The van der Waals surface area contributed by atoms with Crippen LogP contribution in [0.4, 0.5) is 0 Å². The second-order valence-corrected chi connectivity index (χ2v) is 7.73. The van der Waals surface area contributed by atoms with E-state index in [-0.39, 0.29) is 17.1 Å². The van der Waals surface area contributed by atoms with Crippen LogP contribution in [-0.2, 0) is 11.2 Å². The molecule has 0 spiro atoms. The molecule has 0 aliphatic heterocycles. The number of benzene rings is 1. The molecule has 0 saturated heterocycles. The maximum Gasteiger partial charge on any atom is 0.317 e. The van der Waals surface area contributed by atoms with E-state index in [1.54, 1.807) is 18.2 Å². The molecule has 0 unspecified atom stereocenters. The molecular weight excluding hydrogens is 276 g/mol. The van der Waals surface area contributed by atoms with Crippen molar-refractivity contribution in [2.45, 2.75) is 51.9 Å². The number of phenols is 1. The second-order valence-electron chi connectivity index (χ2n) is 7.73. The zero-order valence-corrected chi connectivity index (χ0v) is 13.2. The van der Waals surface area contributed by atoms with Gasteiger partial charge in [0.15, 0.2) is 0 Å². The number of carbonyl (C=O) groups is 1. The van der Waals surface area contributed by atoms with E-state index in [1.807, 2.05) is 6.92 Å². The predicted molar refractivity (Wildman–Crippen MR) is 83.7 cm³/mol. The van der Waals surface area contributed by atoms with Crippen molar-refractivity contribution in [3.05, 3.63) is 23.8 Å². The van der Waals surface area contributed by atoms with E-state index < -0.39 is 0 Å². The lowest BCUT2D eigenvalue weighted by Crippen LogP contribution is -2.51. The monoisotopic (exact) mass is 300 g/mol. The van der Waals surface area contributed by atoms with Gasteiger partial charge in [0.2, 0.25) is 0 Å². The number of carbonyl (C=O) groups excluding carboxylic acids is 1. The standard InChI is InChI=1S/C19H24O3/c1-2-15-8-16(3-4-17(15)20)22-18(21)19-9-12-5-13(10-19)7-14(6-12)11-19/h3-4,8,12-14,20H,2,5-7,9-11H2,1H3. The van der Waals surface area contributed by atoms with Crippen LogP contribution in [0.3, 0.4) is 0 Å². The summed E-state index contributed by atoms with van der Waals surface area (Å²) in [7, 11) is 0. The van der Waals surface area contributed by atoms with Crippen LogP contribution >= 0.6 is 0 Å². The number of esters is 1. The van der Waals surface area contributed by atoms with Crippen LogP contribution < -0.4 is 4.74 Å². The summed E-state index contributed by atoms with van der Waals surface area (Å²) < 4.78 is 5.75. The molecule has 4 aliphatic carbocycles. The van der Waals surface area contributed by atoms with Crippen molar-refractivity contribution in [3.63, 3.8) is 0 Å². The third-order valence-corrected chi connectivity index (χ3v) is 6.11. The number of hydrogen-bond acceptors (Lipinski definition) is 3. The number of rotatable bonds is 3. The molecule has 4 aliphatic rings. The topological polar surface area (TPSA) is 46.5 Å². The summed E-state index contributed by atoms with van der Waals surface area (Å²) in [6.07, 6.45) is 7.78. The first-order valence-corrected chi connectivity index (χ1v) is 8.62. The predicted octanol–water partition coefficient (Wildman–Crippen LogP) is 4.08. The first kappa shape index (κ1) is 14.1. The van der Waals surface area contributed by atoms with E-state index in [0.717, 1.165) is 49.0 Å². The number of aryl methyl sites for hydroxylation is 1. The van der Waals surface area contributed by atoms with Crippen LogP contribution in [0.25, 0.3) is 0 Å². The van der Waals surface area contributed by atoms with Gasteiger partial charge in [-0.2, -0.15) is 0 Å². The lowest BCUT2D eigenvalue weighted by molar-refractivity contribution is -0.161. The Morgan fingerprint density at radius 1 is 1.18 bits per heavy atom. The first-order chi connectivity index (χ1) is 10.6. The molecule has 3 nitrogen and oxygen atoms in total. The largest absolute Gasteiger partial charge is 0.508 e. The van der Waals surface area contributed by atoms with Crippen molar-refractivity contribution < 1.29 is 14.6 Å². The van der Waals surface area contributed by atoms with Crippen LogP contribution in [0.15, 0.2) is 18.2 Å². The first-order valence-electron chi connectivity index (χ1n) is 8.62. The van der Waals surface area contributed by atoms with Crippen molar-refractivity contribution in [1.29, 1.82) is 0 Å². The Hall–Kier alpha value is -1.51. The van der Waals surface area contributed by atoms with Gasteiger partial charge in [-0.15, -0.1) is 0 Å². The molecule has 4 bridgehead atoms. The van der Waals surface area contributed by atoms with Gasteiger partial charge in [0.05, 0.1) is 5.41 Å². The molecule has 0 amide bonds. The minimum atomic E-state index is -0.223. The van der Waals surface area contributed by atoms with Gasteiger partial charge in [0.25, 0.3) is 0 Å². The Labute approximate surface area is 131 Å². The molecule has 1 aromatic rings. The highest BCUT2D eigenvalue weighted by Crippen LogP contribution is 2.60. The molecular formula is C19H24O3. The summed E-state index contributed by atoms with van der Waals surface area (Å²) in [4.78, 5) is 12.9. The SMILES string of the molecule is CCc1cc(OC(=O)C23CC4CC(CC(C4)C2)C3)ccc1O. The Morgan fingerprint density at radius 3 is 2.32 bits per heavy atom. The van der Waals surface area contributed by atoms with Gasteiger partial charge in [0.1, 0.15) is 11.5 Å². The van der Waals surface area contributed by atoms with Crippen LogP contribution in [0.1, 0.15) is 51.0 Å². The minimum absolute atomic E-state index is 0.0284. The van der Waals surface area contributed by atoms with Gasteiger partial charge in [-0.3, -0.25) is 4.79 Å². The maximum absolute atomic E-state index is 12.9. The fourth-order valence-corrected chi connectivity index (χ4v) is 5.48. The molecule has 3 heteroatoms. The van der Waals surface area contributed by atoms with Crippen molar-refractivity contribution in [1.82, 2.24) is 0 Å². The van der Waals surface area contributed by atoms with Gasteiger partial charge in [0, 0.05) is 0 Å². The minimum Gasteiger partial charge on any atom is -0.508 e. The highest BCUT2D eigenvalue weighted by atomic mass is 16.5. The van der Waals surface area contributed by atoms with Gasteiger partial charge in [-0.1, -0.05) is 6.92 Å². The molecule has 0 aromatic heterocycles. The summed E-state index contributed by atoms with van der Waals surface area (Å²) in [6.45, 7) is 1.99. The smallest absolute Gasteiger partial charge is 0.317 e. The number of phenolic OH excluding ortho intramolecular Hbond substituents is 1. The number of hydrogen-bond donors (Lipinski definition) is 1. The lowest BCUT2D eigenvalue weighted by Gasteiger charge is -2.55. The summed E-state index contributed by atoms with van der Waals surface area (Å²) in [6, 6.07) is 5.13. The average Bonchev–Trinajstić information content (AvgIpc) is 2.47. The average molecular weight is 300 g/mol. The molecule has 5 rings (SSSR count). The van der Waals surface area contributed by atoms with E-state index in [4.69, 9.17) is 4.74 Å². The Morgan fingerprint density at radius 2 is 1.77 bits per heavy atom. The fourth-order valence-electron chi connectivity index (χ4n) is 5.48. The van der Waals surface area contributed by atoms with E-state index in [1.165, 1.54) is 19.3 Å². The van der Waals surface area contributed by atoms with E-state index >= 15 is 0 Å². The fraction of sp³-hybridized carbons (Fsp3) is 0.632. The van der Waals surface area contributed by atoms with Crippen molar-refractivity contribution in [3.8, 4) is 11.5 Å². The van der Waals surface area contributed by atoms with E-state index in [2.05, 4.69) is 0 Å². The van der Waals surface area contributed by atoms with Crippen molar-refractivity contribution in [2.75, 3.05) is 0 Å². The van der Waals surface area contributed by atoms with Crippen LogP contribution in [0, 0.1) is 23.2 Å². The molecule has 1 aromatic carbocycles. The molecule has 4 saturated carbocycles. The Bertz CT molecular complexity index is 569. The van der Waals surface area contributed by atoms with Crippen molar-refractivity contribution in [2.24, 2.45) is 23.2 Å². The molecule has 0 atom stereocenters. The van der Waals surface area contributed by atoms with Crippen LogP contribution in [0.5, 0.6) is 11.5 Å². The van der Waals surface area contributed by atoms with E-state index in [0.29, 0.717) is 5.75 Å². The van der Waals surface area contributed by atoms with Gasteiger partial charge in [-0.25, -0.2) is 0 Å². The Kier molecular flexibility index (Phi) is 3.21. The highest BCUT2D eigenvalue weighted by molar-refractivity contribution is 5.80. The molecule has 0 heterocycles. The van der Waals surface area contributed by atoms with Gasteiger partial charge in [-0.05, 0) is 86.5 Å². The summed E-state index contributed by atoms with van der Waals surface area (Å²) >= 11 is 0. The quantitative estimate of drug-likeness (QED) is 0.676. The summed E-state index contributed by atoms with van der Waals surface area (Å²) in [5.74, 6) is 3.05. The van der Waals surface area contributed by atoms with E-state index in [9.17, 15) is 9.90 Å². The maximum atomic E-state index is 12.9. The molecule has 4 fully saturated rings. The number of ether oxygens (including phenoxy) is 1. The van der Waals surface area contributed by atoms with Gasteiger partial charge >= 0.3 is 5.97 Å². The zero-order chi connectivity index (χ0) is 15.3. The van der Waals surface area contributed by atoms with Gasteiger partial charge < -0.3 is 9.84 Å². The Balaban J connectivity index is 1.55. The summed E-state index contributed by atoms with van der Waals surface area (Å²) in [5, 5.41) is 9.76. The number of aromatic hydroxyl groups is 1. The molecule has 118 valence electrons. The van der Waals surface area contributed by atoms with Crippen LogP contribution in [-0.4, -0.2) is 11.1 Å². The second kappa shape index (κ2) is 5.00. The molecule has 22 heavy (non-hydrogen) atoms. The third kappa shape index (κ3) is 2.22. The van der Waals surface area contributed by atoms with Crippen molar-refractivity contribution >= 4 is 5.97 Å². The normalized spacial score (nSPS) is 35.6. The molecule has 0 radical (unpaired) electrons. The molecule has 1 N–H and O–H groups in total. The zero-order valence-electron chi connectivity index (χ0n) is 13.2. The van der Waals surface area contributed by atoms with Crippen LogP contribution in [0.2, 0.25) is 0 Å². The third-order valence-electron chi connectivity index (χ3n) is 6.11.